The summed E-state index contributed by atoms with van der Waals surface area (Å²) in [7, 11) is 1.65. The van der Waals surface area contributed by atoms with Crippen molar-refractivity contribution in [2.75, 3.05) is 12.4 Å². The number of hydrogen-bond acceptors (Lipinski definition) is 3. The summed E-state index contributed by atoms with van der Waals surface area (Å²) in [6, 6.07) is 7.38. The molecular weight excluding hydrogens is 304 g/mol. The molecule has 0 saturated heterocycles. The van der Waals surface area contributed by atoms with Crippen molar-refractivity contribution < 1.29 is 13.2 Å². The third-order valence-electron chi connectivity index (χ3n) is 1.63. The van der Waals surface area contributed by atoms with Crippen LogP contribution in [0, 0.1) is 0 Å². The van der Waals surface area contributed by atoms with E-state index >= 15 is 0 Å². The molecule has 0 atom stereocenters. The molecule has 1 aromatic rings. The second-order valence-corrected chi connectivity index (χ2v) is 6.63. The maximum atomic E-state index is 10.6. The summed E-state index contributed by atoms with van der Waals surface area (Å²) in [4.78, 5) is 0. The zero-order chi connectivity index (χ0) is 11.3. The number of hydrogen-bond donors (Lipinski definition) is 0. The number of ether oxygens (including phenoxy) is 1. The minimum Gasteiger partial charge on any atom is -0.492 e. The molecule has 3 nitrogen and oxygen atoms in total. The second kappa shape index (κ2) is 5.72. The predicted molar refractivity (Wildman–Crippen MR) is 63.9 cm³/mol. The van der Waals surface area contributed by atoms with Crippen LogP contribution in [0.5, 0.6) is 5.75 Å². The van der Waals surface area contributed by atoms with Gasteiger partial charge in [-0.25, -0.2) is 8.42 Å². The van der Waals surface area contributed by atoms with Crippen molar-refractivity contribution in [3.05, 3.63) is 28.7 Å². The monoisotopic (exact) mass is 312 g/mol. The molecule has 84 valence electrons. The van der Waals surface area contributed by atoms with Gasteiger partial charge in [-0.2, -0.15) is 0 Å². The van der Waals surface area contributed by atoms with Gasteiger partial charge in [-0.15, -0.1) is 0 Å². The van der Waals surface area contributed by atoms with Crippen LogP contribution in [-0.2, 0) is 9.05 Å². The molecule has 0 aliphatic rings. The Morgan fingerprint density at radius 1 is 1.33 bits per heavy atom. The van der Waals surface area contributed by atoms with Gasteiger partial charge in [-0.3, -0.25) is 0 Å². The molecule has 0 amide bonds. The van der Waals surface area contributed by atoms with E-state index in [0.717, 1.165) is 4.47 Å². The van der Waals surface area contributed by atoms with Gasteiger partial charge < -0.3 is 4.74 Å². The Balaban J connectivity index is 2.36. The summed E-state index contributed by atoms with van der Waals surface area (Å²) in [5, 5.41) is 0. The first kappa shape index (κ1) is 12.8. The van der Waals surface area contributed by atoms with Crippen molar-refractivity contribution in [1.82, 2.24) is 0 Å². The fourth-order valence-electron chi connectivity index (χ4n) is 0.975. The van der Waals surface area contributed by atoms with E-state index in [-0.39, 0.29) is 5.75 Å². The number of rotatable bonds is 5. The van der Waals surface area contributed by atoms with Gasteiger partial charge in [-0.1, -0.05) is 12.1 Å². The average Bonchev–Trinajstić information content (AvgIpc) is 2.13. The lowest BCUT2D eigenvalue weighted by molar-refractivity contribution is 0.316. The number of benzene rings is 1. The van der Waals surface area contributed by atoms with E-state index in [9.17, 15) is 8.42 Å². The molecule has 0 N–H and O–H groups in total. The first-order valence-electron chi connectivity index (χ1n) is 4.29. The fourth-order valence-corrected chi connectivity index (χ4v) is 2.16. The van der Waals surface area contributed by atoms with E-state index in [1.807, 2.05) is 18.2 Å². The zero-order valence-corrected chi connectivity index (χ0v) is 11.0. The highest BCUT2D eigenvalue weighted by molar-refractivity contribution is 9.10. The first-order chi connectivity index (χ1) is 6.99. The van der Waals surface area contributed by atoms with Crippen LogP contribution in [0.25, 0.3) is 0 Å². The lowest BCUT2D eigenvalue weighted by atomic mass is 10.3. The van der Waals surface area contributed by atoms with Crippen LogP contribution in [0.15, 0.2) is 28.7 Å². The minimum absolute atomic E-state index is 0.0704. The van der Waals surface area contributed by atoms with Crippen molar-refractivity contribution in [3.8, 4) is 5.75 Å². The predicted octanol–water partition coefficient (Wildman–Crippen LogP) is 2.79. The van der Waals surface area contributed by atoms with E-state index < -0.39 is 9.05 Å². The molecule has 0 radical (unpaired) electrons. The molecule has 0 heterocycles. The van der Waals surface area contributed by atoms with Gasteiger partial charge in [0, 0.05) is 10.7 Å². The van der Waals surface area contributed by atoms with Gasteiger partial charge in [-0.05, 0) is 34.5 Å². The van der Waals surface area contributed by atoms with Crippen LogP contribution >= 0.6 is 26.6 Å². The fraction of sp³-hybridized carbons (Fsp3) is 0.333. The molecule has 0 aromatic heterocycles. The number of para-hydroxylation sites is 1. The highest BCUT2D eigenvalue weighted by Gasteiger charge is 2.05. The van der Waals surface area contributed by atoms with Crippen molar-refractivity contribution in [1.29, 1.82) is 0 Å². The first-order valence-corrected chi connectivity index (χ1v) is 7.56. The summed E-state index contributed by atoms with van der Waals surface area (Å²) in [5.41, 5.74) is 0. The summed E-state index contributed by atoms with van der Waals surface area (Å²) < 4.78 is 27.4. The smallest absolute Gasteiger partial charge is 0.232 e. The van der Waals surface area contributed by atoms with Crippen LogP contribution < -0.4 is 4.74 Å². The number of halogens is 2. The molecule has 0 aliphatic heterocycles. The van der Waals surface area contributed by atoms with Crippen molar-refractivity contribution in [2.45, 2.75) is 6.42 Å². The summed E-state index contributed by atoms with van der Waals surface area (Å²) in [5.74, 6) is 0.628. The molecule has 0 fully saturated rings. The van der Waals surface area contributed by atoms with Gasteiger partial charge in [0.1, 0.15) is 5.75 Å². The molecule has 1 rings (SSSR count). The minimum atomic E-state index is -3.41. The van der Waals surface area contributed by atoms with Gasteiger partial charge in [0.2, 0.25) is 9.05 Å². The van der Waals surface area contributed by atoms with Gasteiger partial charge in [0.15, 0.2) is 0 Å². The molecule has 0 spiro atoms. The van der Waals surface area contributed by atoms with Crippen LogP contribution in [0.2, 0.25) is 0 Å². The van der Waals surface area contributed by atoms with E-state index in [2.05, 4.69) is 15.9 Å². The van der Waals surface area contributed by atoms with Crippen molar-refractivity contribution in [2.24, 2.45) is 0 Å². The molecule has 0 saturated carbocycles. The molecule has 15 heavy (non-hydrogen) atoms. The van der Waals surface area contributed by atoms with Gasteiger partial charge >= 0.3 is 0 Å². The third-order valence-corrected chi connectivity index (χ3v) is 3.52. The van der Waals surface area contributed by atoms with Gasteiger partial charge in [0.05, 0.1) is 16.8 Å². The van der Waals surface area contributed by atoms with Crippen LogP contribution in [0.4, 0.5) is 0 Å². The second-order valence-electron chi connectivity index (χ2n) is 2.88. The van der Waals surface area contributed by atoms with Crippen molar-refractivity contribution >= 4 is 35.7 Å². The molecule has 6 heteroatoms. The zero-order valence-electron chi connectivity index (χ0n) is 7.82. The van der Waals surface area contributed by atoms with E-state index in [0.29, 0.717) is 18.8 Å². The standard InChI is InChI=1S/C9H10BrClO3S/c10-8-4-1-2-5-9(8)14-6-3-7-15(11,12)13/h1-2,4-5H,3,6-7H2. The highest BCUT2D eigenvalue weighted by atomic mass is 79.9. The van der Waals surface area contributed by atoms with E-state index in [1.165, 1.54) is 0 Å². The molecule has 0 bridgehead atoms. The lowest BCUT2D eigenvalue weighted by Gasteiger charge is -2.06. The Bertz CT molecular complexity index is 419. The topological polar surface area (TPSA) is 43.4 Å². The summed E-state index contributed by atoms with van der Waals surface area (Å²) in [6.07, 6.45) is 0.382. The molecular formula is C9H10BrClO3S. The van der Waals surface area contributed by atoms with Crippen LogP contribution in [0.3, 0.4) is 0 Å². The van der Waals surface area contributed by atoms with Crippen LogP contribution in [-0.4, -0.2) is 20.8 Å². The Hall–Kier alpha value is -0.260. The van der Waals surface area contributed by atoms with E-state index in [4.69, 9.17) is 15.4 Å². The molecule has 0 aliphatic carbocycles. The van der Waals surface area contributed by atoms with Crippen LogP contribution in [0.1, 0.15) is 6.42 Å². The molecule has 1 aromatic carbocycles. The van der Waals surface area contributed by atoms with Gasteiger partial charge in [0.25, 0.3) is 0 Å². The maximum Gasteiger partial charge on any atom is 0.232 e. The SMILES string of the molecule is O=S(=O)(Cl)CCCOc1ccccc1Br. The average molecular weight is 314 g/mol. The Morgan fingerprint density at radius 3 is 2.60 bits per heavy atom. The summed E-state index contributed by atoms with van der Waals surface area (Å²) in [6.45, 7) is 0.328. The van der Waals surface area contributed by atoms with E-state index in [1.54, 1.807) is 6.07 Å². The maximum absolute atomic E-state index is 10.6. The van der Waals surface area contributed by atoms with Crippen molar-refractivity contribution in [3.63, 3.8) is 0 Å². The Kier molecular flexibility index (Phi) is 4.89. The summed E-state index contributed by atoms with van der Waals surface area (Å²) >= 11 is 3.32. The quantitative estimate of drug-likeness (QED) is 0.620. The largest absolute Gasteiger partial charge is 0.492 e. The highest BCUT2D eigenvalue weighted by Crippen LogP contribution is 2.23. The Labute approximate surface area is 102 Å². The normalized spacial score (nSPS) is 11.3. The Morgan fingerprint density at radius 2 is 2.00 bits per heavy atom. The molecule has 0 unspecified atom stereocenters. The third kappa shape index (κ3) is 5.39. The lowest BCUT2D eigenvalue weighted by Crippen LogP contribution is -2.04.